The van der Waals surface area contributed by atoms with E-state index < -0.39 is 5.97 Å². The van der Waals surface area contributed by atoms with Crippen molar-refractivity contribution in [3.05, 3.63) is 58.4 Å². The Hall–Kier alpha value is -2.60. The van der Waals surface area contributed by atoms with Gasteiger partial charge in [-0.1, -0.05) is 23.7 Å². The third kappa shape index (κ3) is 2.19. The van der Waals surface area contributed by atoms with Crippen molar-refractivity contribution in [3.63, 3.8) is 0 Å². The van der Waals surface area contributed by atoms with Crippen LogP contribution < -0.4 is 10.3 Å². The largest absolute Gasteiger partial charge is 0.496 e. The molecule has 106 valence electrons. The topological polar surface area (TPSA) is 68.5 Å². The van der Waals surface area contributed by atoms with Crippen molar-refractivity contribution in [1.82, 2.24) is 3.96 Å². The van der Waals surface area contributed by atoms with E-state index >= 15 is 0 Å². The number of rotatable bonds is 3. The molecule has 0 saturated carbocycles. The molecule has 0 spiro atoms. The number of aromatic carboxylic acids is 1. The van der Waals surface area contributed by atoms with Gasteiger partial charge in [0.2, 0.25) is 0 Å². The first-order valence-electron chi connectivity index (χ1n) is 6.14. The smallest absolute Gasteiger partial charge is 0.339 e. The number of carboxylic acids is 1. The molecule has 0 aliphatic rings. The Balaban J connectivity index is 2.21. The van der Waals surface area contributed by atoms with Crippen molar-refractivity contribution in [1.29, 1.82) is 0 Å². The molecule has 1 aromatic heterocycles. The molecule has 1 heterocycles. The molecule has 1 N–H and O–H groups in total. The van der Waals surface area contributed by atoms with Crippen LogP contribution in [0.4, 0.5) is 0 Å². The lowest BCUT2D eigenvalue weighted by Crippen LogP contribution is -2.11. The summed E-state index contributed by atoms with van der Waals surface area (Å²) in [5.74, 6) is -0.841. The summed E-state index contributed by atoms with van der Waals surface area (Å²) < 4.78 is 7.50. The van der Waals surface area contributed by atoms with Gasteiger partial charge >= 0.3 is 5.97 Å². The fourth-order valence-electron chi connectivity index (χ4n) is 2.13. The average Bonchev–Trinajstić information content (AvgIpc) is 2.84. The zero-order valence-corrected chi connectivity index (χ0v) is 11.9. The number of benzene rings is 2. The van der Waals surface area contributed by atoms with Gasteiger partial charge in [-0.25, -0.2) is 8.75 Å². The molecular formula is C15H11NO4S. The number of carbonyl (C=O) groups is 1. The highest BCUT2D eigenvalue weighted by molar-refractivity contribution is 7.14. The number of nitrogens with zero attached hydrogens (tertiary/aromatic N) is 1. The van der Waals surface area contributed by atoms with Crippen molar-refractivity contribution in [2.24, 2.45) is 0 Å². The summed E-state index contributed by atoms with van der Waals surface area (Å²) in [6.07, 6.45) is 0. The summed E-state index contributed by atoms with van der Waals surface area (Å²) in [4.78, 5) is 23.5. The minimum Gasteiger partial charge on any atom is -0.496 e. The molecule has 0 saturated heterocycles. The highest BCUT2D eigenvalue weighted by Gasteiger charge is 2.14. The zero-order chi connectivity index (χ0) is 15.0. The summed E-state index contributed by atoms with van der Waals surface area (Å²) in [7, 11) is 1.40. The lowest BCUT2D eigenvalue weighted by Gasteiger charge is -2.07. The second-order valence-corrected chi connectivity index (χ2v) is 5.36. The lowest BCUT2D eigenvalue weighted by molar-refractivity contribution is 0.0693. The van der Waals surface area contributed by atoms with Crippen LogP contribution in [0.1, 0.15) is 10.4 Å². The molecule has 0 radical (unpaired) electrons. The van der Waals surface area contributed by atoms with E-state index in [0.717, 1.165) is 4.70 Å². The standard InChI is InChI=1S/C15H11NO4S/c1-20-12-8-9(6-7-10(12)15(18)19)16-14(17)11-4-2-3-5-13(11)21-16/h2-8H,1H3,(H,18,19). The molecule has 0 amide bonds. The van der Waals surface area contributed by atoms with E-state index in [9.17, 15) is 9.59 Å². The SMILES string of the molecule is COc1cc(-n2sc3ccccc3c2=O)ccc1C(=O)O. The second-order valence-electron chi connectivity index (χ2n) is 4.38. The number of ether oxygens (including phenoxy) is 1. The third-order valence-corrected chi connectivity index (χ3v) is 4.25. The summed E-state index contributed by atoms with van der Waals surface area (Å²) in [6, 6.07) is 11.9. The fraction of sp³-hybridized carbons (Fsp3) is 0.0667. The van der Waals surface area contributed by atoms with Crippen LogP contribution in [-0.2, 0) is 0 Å². The molecular weight excluding hydrogens is 290 g/mol. The van der Waals surface area contributed by atoms with E-state index in [1.807, 2.05) is 18.2 Å². The summed E-state index contributed by atoms with van der Waals surface area (Å²) in [5, 5.41) is 9.72. The molecule has 0 unspecified atom stereocenters. The Kier molecular flexibility index (Phi) is 3.23. The average molecular weight is 301 g/mol. The molecule has 0 bridgehead atoms. The van der Waals surface area contributed by atoms with Crippen molar-refractivity contribution < 1.29 is 14.6 Å². The molecule has 0 aliphatic carbocycles. The third-order valence-electron chi connectivity index (χ3n) is 3.14. The molecule has 3 rings (SSSR count). The highest BCUT2D eigenvalue weighted by atomic mass is 32.1. The van der Waals surface area contributed by atoms with E-state index in [2.05, 4.69) is 0 Å². The normalized spacial score (nSPS) is 10.7. The predicted octanol–water partition coefficient (Wildman–Crippen LogP) is 2.76. The maximum atomic E-state index is 12.4. The van der Waals surface area contributed by atoms with Gasteiger partial charge in [0, 0.05) is 6.07 Å². The van der Waals surface area contributed by atoms with Crippen LogP contribution in [0.3, 0.4) is 0 Å². The zero-order valence-electron chi connectivity index (χ0n) is 11.1. The summed E-state index contributed by atoms with van der Waals surface area (Å²) >= 11 is 1.31. The Morgan fingerprint density at radius 3 is 2.67 bits per heavy atom. The van der Waals surface area contributed by atoms with Crippen LogP contribution >= 0.6 is 11.5 Å². The minimum atomic E-state index is -1.07. The van der Waals surface area contributed by atoms with Crippen molar-refractivity contribution >= 4 is 27.6 Å². The van der Waals surface area contributed by atoms with Crippen molar-refractivity contribution in [2.75, 3.05) is 7.11 Å². The van der Waals surface area contributed by atoms with Crippen LogP contribution in [-0.4, -0.2) is 22.1 Å². The minimum absolute atomic E-state index is 0.0652. The fourth-order valence-corrected chi connectivity index (χ4v) is 3.12. The van der Waals surface area contributed by atoms with Crippen molar-refractivity contribution in [3.8, 4) is 11.4 Å². The molecule has 0 fully saturated rings. The van der Waals surface area contributed by atoms with Gasteiger partial charge in [-0.05, 0) is 24.3 Å². The summed E-state index contributed by atoms with van der Waals surface area (Å²) in [6.45, 7) is 0. The number of aromatic nitrogens is 1. The van der Waals surface area contributed by atoms with Crippen LogP contribution in [0.15, 0.2) is 47.3 Å². The van der Waals surface area contributed by atoms with E-state index in [-0.39, 0.29) is 16.9 Å². The van der Waals surface area contributed by atoms with Gasteiger partial charge in [-0.2, -0.15) is 0 Å². The Labute approximate surface area is 123 Å². The second kappa shape index (κ2) is 5.06. The monoisotopic (exact) mass is 301 g/mol. The molecule has 3 aromatic rings. The number of fused-ring (bicyclic) bond motifs is 1. The van der Waals surface area contributed by atoms with E-state index in [0.29, 0.717) is 11.1 Å². The quantitative estimate of drug-likeness (QED) is 0.807. The first kappa shape index (κ1) is 13.4. The molecule has 0 aliphatic heterocycles. The van der Waals surface area contributed by atoms with E-state index in [4.69, 9.17) is 9.84 Å². The van der Waals surface area contributed by atoms with Gasteiger partial charge in [0.15, 0.2) is 0 Å². The number of hydrogen-bond acceptors (Lipinski definition) is 4. The number of methoxy groups -OCH3 is 1. The molecule has 21 heavy (non-hydrogen) atoms. The van der Waals surface area contributed by atoms with Crippen LogP contribution in [0.5, 0.6) is 5.75 Å². The molecule has 0 atom stereocenters. The van der Waals surface area contributed by atoms with Gasteiger partial charge in [-0.15, -0.1) is 0 Å². The predicted molar refractivity (Wildman–Crippen MR) is 80.9 cm³/mol. The van der Waals surface area contributed by atoms with Gasteiger partial charge in [0.1, 0.15) is 11.3 Å². The number of carboxylic acid groups (broad SMARTS) is 1. The van der Waals surface area contributed by atoms with E-state index in [1.54, 1.807) is 18.2 Å². The van der Waals surface area contributed by atoms with Crippen molar-refractivity contribution in [2.45, 2.75) is 0 Å². The van der Waals surface area contributed by atoms with E-state index in [1.165, 1.54) is 28.7 Å². The van der Waals surface area contributed by atoms with Crippen LogP contribution in [0.2, 0.25) is 0 Å². The molecule has 6 heteroatoms. The maximum absolute atomic E-state index is 12.4. The van der Waals surface area contributed by atoms with Gasteiger partial charge in [0.25, 0.3) is 5.56 Å². The molecule has 2 aromatic carbocycles. The van der Waals surface area contributed by atoms with Gasteiger partial charge < -0.3 is 9.84 Å². The Bertz CT molecular complexity index is 894. The Morgan fingerprint density at radius 1 is 1.24 bits per heavy atom. The first-order valence-corrected chi connectivity index (χ1v) is 6.92. The van der Waals surface area contributed by atoms with Gasteiger partial charge in [0.05, 0.1) is 22.9 Å². The van der Waals surface area contributed by atoms with Gasteiger partial charge in [-0.3, -0.25) is 4.79 Å². The molecule has 5 nitrogen and oxygen atoms in total. The summed E-state index contributed by atoms with van der Waals surface area (Å²) in [5.41, 5.74) is 0.527. The highest BCUT2D eigenvalue weighted by Crippen LogP contribution is 2.25. The number of hydrogen-bond donors (Lipinski definition) is 1. The Morgan fingerprint density at radius 2 is 2.00 bits per heavy atom. The van der Waals surface area contributed by atoms with Crippen LogP contribution in [0.25, 0.3) is 15.8 Å². The lowest BCUT2D eigenvalue weighted by atomic mass is 10.2. The first-order chi connectivity index (χ1) is 10.1. The maximum Gasteiger partial charge on any atom is 0.339 e. The van der Waals surface area contributed by atoms with Crippen LogP contribution in [0, 0.1) is 0 Å².